The lowest BCUT2D eigenvalue weighted by Gasteiger charge is -2.11. The van der Waals surface area contributed by atoms with Crippen molar-refractivity contribution in [1.29, 1.82) is 0 Å². The van der Waals surface area contributed by atoms with Crippen LogP contribution in [-0.4, -0.2) is 49.8 Å². The van der Waals surface area contributed by atoms with Crippen molar-refractivity contribution in [2.24, 2.45) is 0 Å². The smallest absolute Gasteiger partial charge is 0.267 e. The van der Waals surface area contributed by atoms with Gasteiger partial charge in [-0.05, 0) is 24.6 Å². The Morgan fingerprint density at radius 3 is 2.84 bits per heavy atom. The quantitative estimate of drug-likeness (QED) is 0.613. The Morgan fingerprint density at radius 2 is 2.20 bits per heavy atom. The molecule has 3 rings (SSSR count). The van der Waals surface area contributed by atoms with Gasteiger partial charge < -0.3 is 10.4 Å². The number of carbonyl (C=O) groups excluding carboxylic acids is 1. The topological polar surface area (TPSA) is 86.9 Å². The van der Waals surface area contributed by atoms with E-state index in [0.717, 1.165) is 17.3 Å². The van der Waals surface area contributed by atoms with Crippen LogP contribution >= 0.6 is 24.0 Å². The number of anilines is 1. The molecule has 0 aromatic carbocycles. The number of aryl methyl sites for hydroxylation is 1. The van der Waals surface area contributed by atoms with Gasteiger partial charge in [-0.2, -0.15) is 0 Å². The average molecular weight is 376 g/mol. The third-order valence-electron chi connectivity index (χ3n) is 3.75. The van der Waals surface area contributed by atoms with Crippen molar-refractivity contribution in [2.75, 3.05) is 25.5 Å². The third-order valence-corrected chi connectivity index (χ3v) is 5.24. The number of hydrogen-bond donors (Lipinski definition) is 2. The van der Waals surface area contributed by atoms with Crippen LogP contribution in [0.3, 0.4) is 0 Å². The fraction of sp³-hybridized carbons (Fsp3) is 0.250. The maximum Gasteiger partial charge on any atom is 0.267 e. The first-order chi connectivity index (χ1) is 11.9. The Labute approximate surface area is 153 Å². The standard InChI is InChI=1S/C16H16N4O3S2/c1-9-4-3-6-20-13(9)18-12(17-5-7-21)10(14(20)22)8-11-15(23)19(2)16(24)25-11/h3-4,6,8,17,21H,5,7H2,1-2H3/b11-8-. The van der Waals surface area contributed by atoms with Crippen LogP contribution in [0.15, 0.2) is 28.0 Å². The molecule has 1 aliphatic heterocycles. The lowest BCUT2D eigenvalue weighted by Crippen LogP contribution is -2.23. The number of fused-ring (bicyclic) bond motifs is 1. The summed E-state index contributed by atoms with van der Waals surface area (Å²) in [6, 6.07) is 3.63. The summed E-state index contributed by atoms with van der Waals surface area (Å²) in [7, 11) is 1.60. The molecule has 7 nitrogen and oxygen atoms in total. The Kier molecular flexibility index (Phi) is 4.89. The minimum atomic E-state index is -0.296. The fourth-order valence-corrected chi connectivity index (χ4v) is 3.59. The highest BCUT2D eigenvalue weighted by molar-refractivity contribution is 8.26. The number of nitrogens with zero attached hydrogens (tertiary/aromatic N) is 3. The fourth-order valence-electron chi connectivity index (χ4n) is 2.43. The van der Waals surface area contributed by atoms with Crippen molar-refractivity contribution >= 4 is 51.7 Å². The van der Waals surface area contributed by atoms with Gasteiger partial charge in [-0.3, -0.25) is 18.9 Å². The van der Waals surface area contributed by atoms with Gasteiger partial charge in [0, 0.05) is 19.8 Å². The molecule has 2 aromatic heterocycles. The zero-order valence-corrected chi connectivity index (χ0v) is 15.3. The zero-order valence-electron chi connectivity index (χ0n) is 13.6. The number of aliphatic hydroxyl groups is 1. The molecule has 1 saturated heterocycles. The van der Waals surface area contributed by atoms with Crippen LogP contribution in [0.2, 0.25) is 0 Å². The van der Waals surface area contributed by atoms with Crippen LogP contribution in [0, 0.1) is 6.92 Å². The van der Waals surface area contributed by atoms with E-state index < -0.39 is 0 Å². The predicted octanol–water partition coefficient (Wildman–Crippen LogP) is 1.24. The number of likely N-dealkylation sites (N-methyl/N-ethyl adjacent to an activating group) is 1. The molecule has 3 heterocycles. The van der Waals surface area contributed by atoms with Crippen LogP contribution < -0.4 is 10.9 Å². The number of thioether (sulfide) groups is 1. The summed E-state index contributed by atoms with van der Waals surface area (Å²) in [5, 5.41) is 12.0. The number of aliphatic hydroxyl groups excluding tert-OH is 1. The summed E-state index contributed by atoms with van der Waals surface area (Å²) >= 11 is 6.26. The second-order valence-corrected chi connectivity index (χ2v) is 7.13. The molecule has 0 radical (unpaired) electrons. The molecular weight excluding hydrogens is 360 g/mol. The van der Waals surface area contributed by atoms with Gasteiger partial charge in [0.2, 0.25) is 0 Å². The lowest BCUT2D eigenvalue weighted by atomic mass is 10.2. The van der Waals surface area contributed by atoms with Crippen molar-refractivity contribution in [3.8, 4) is 0 Å². The van der Waals surface area contributed by atoms with Gasteiger partial charge in [0.25, 0.3) is 11.5 Å². The molecule has 0 aliphatic carbocycles. The Hall–Kier alpha value is -2.23. The summed E-state index contributed by atoms with van der Waals surface area (Å²) < 4.78 is 1.88. The van der Waals surface area contributed by atoms with Gasteiger partial charge >= 0.3 is 0 Å². The van der Waals surface area contributed by atoms with E-state index in [0.29, 0.717) is 20.7 Å². The number of hydrogen-bond acceptors (Lipinski definition) is 7. The Balaban J connectivity index is 2.22. The van der Waals surface area contributed by atoms with Crippen LogP contribution in [0.5, 0.6) is 0 Å². The monoisotopic (exact) mass is 376 g/mol. The van der Waals surface area contributed by atoms with Crippen molar-refractivity contribution in [3.05, 3.63) is 44.7 Å². The number of carbonyl (C=O) groups is 1. The number of thiocarbonyl (C=S) groups is 1. The molecule has 1 aliphatic rings. The molecule has 9 heteroatoms. The van der Waals surface area contributed by atoms with Crippen molar-refractivity contribution in [1.82, 2.24) is 14.3 Å². The van der Waals surface area contributed by atoms with E-state index in [1.54, 1.807) is 19.3 Å². The van der Waals surface area contributed by atoms with Crippen molar-refractivity contribution in [3.63, 3.8) is 0 Å². The number of nitrogens with one attached hydrogen (secondary N) is 1. The van der Waals surface area contributed by atoms with Crippen LogP contribution in [0.1, 0.15) is 11.1 Å². The molecule has 1 amide bonds. The SMILES string of the molecule is Cc1cccn2c(=O)c(/C=C3\SC(=S)N(C)C3=O)c(NCCO)nc12. The highest BCUT2D eigenvalue weighted by atomic mass is 32.2. The lowest BCUT2D eigenvalue weighted by molar-refractivity contribution is -0.121. The van der Waals surface area contributed by atoms with Gasteiger partial charge in [0.1, 0.15) is 15.8 Å². The number of aromatic nitrogens is 2. The molecule has 0 saturated carbocycles. The molecule has 130 valence electrons. The van der Waals surface area contributed by atoms with Gasteiger partial charge in [0.05, 0.1) is 17.1 Å². The second-order valence-electron chi connectivity index (χ2n) is 5.46. The van der Waals surface area contributed by atoms with Crippen LogP contribution in [-0.2, 0) is 4.79 Å². The minimum Gasteiger partial charge on any atom is -0.395 e. The van der Waals surface area contributed by atoms with E-state index in [2.05, 4.69) is 10.3 Å². The maximum absolute atomic E-state index is 12.9. The number of pyridine rings is 1. The van der Waals surface area contributed by atoms with E-state index >= 15 is 0 Å². The number of amides is 1. The van der Waals surface area contributed by atoms with Gasteiger partial charge in [-0.25, -0.2) is 4.98 Å². The minimum absolute atomic E-state index is 0.106. The maximum atomic E-state index is 12.9. The second kappa shape index (κ2) is 6.95. The first kappa shape index (κ1) is 17.6. The van der Waals surface area contributed by atoms with E-state index in [1.165, 1.54) is 15.4 Å². The molecule has 25 heavy (non-hydrogen) atoms. The van der Waals surface area contributed by atoms with E-state index in [1.807, 2.05) is 13.0 Å². The van der Waals surface area contributed by atoms with E-state index in [9.17, 15) is 9.59 Å². The first-order valence-corrected chi connectivity index (χ1v) is 8.74. The largest absolute Gasteiger partial charge is 0.395 e. The van der Waals surface area contributed by atoms with E-state index in [4.69, 9.17) is 17.3 Å². The molecule has 2 aromatic rings. The summed E-state index contributed by atoms with van der Waals surface area (Å²) in [5.74, 6) is 0.0755. The van der Waals surface area contributed by atoms with Gasteiger partial charge in [-0.15, -0.1) is 0 Å². The van der Waals surface area contributed by atoms with Crippen molar-refractivity contribution < 1.29 is 9.90 Å². The molecule has 0 spiro atoms. The average Bonchev–Trinajstić information content (AvgIpc) is 2.83. The Bertz CT molecular complexity index is 968. The molecule has 0 atom stereocenters. The van der Waals surface area contributed by atoms with Gasteiger partial charge in [-0.1, -0.05) is 30.0 Å². The molecule has 1 fully saturated rings. The molecule has 2 N–H and O–H groups in total. The summed E-state index contributed by atoms with van der Waals surface area (Å²) in [6.07, 6.45) is 3.14. The normalized spacial score (nSPS) is 16.3. The molecule has 0 bridgehead atoms. The first-order valence-electron chi connectivity index (χ1n) is 7.52. The molecular formula is C16H16N4O3S2. The third kappa shape index (κ3) is 3.17. The van der Waals surface area contributed by atoms with Crippen LogP contribution in [0.25, 0.3) is 11.7 Å². The predicted molar refractivity (Wildman–Crippen MR) is 103 cm³/mol. The molecule has 0 unspecified atom stereocenters. The number of rotatable bonds is 4. The van der Waals surface area contributed by atoms with E-state index in [-0.39, 0.29) is 30.2 Å². The van der Waals surface area contributed by atoms with Crippen molar-refractivity contribution in [2.45, 2.75) is 6.92 Å². The van der Waals surface area contributed by atoms with Crippen LogP contribution in [0.4, 0.5) is 5.82 Å². The summed E-state index contributed by atoms with van der Waals surface area (Å²) in [4.78, 5) is 31.4. The Morgan fingerprint density at radius 1 is 1.44 bits per heavy atom. The highest BCUT2D eigenvalue weighted by Gasteiger charge is 2.29. The zero-order chi connectivity index (χ0) is 18.1. The highest BCUT2D eigenvalue weighted by Crippen LogP contribution is 2.31. The summed E-state index contributed by atoms with van der Waals surface area (Å²) in [6.45, 7) is 1.99. The summed E-state index contributed by atoms with van der Waals surface area (Å²) in [5.41, 5.74) is 1.33. The van der Waals surface area contributed by atoms with Gasteiger partial charge in [0.15, 0.2) is 0 Å².